The van der Waals surface area contributed by atoms with Gasteiger partial charge >= 0.3 is 5.97 Å². The van der Waals surface area contributed by atoms with E-state index in [1.807, 2.05) is 73.7 Å². The van der Waals surface area contributed by atoms with E-state index in [4.69, 9.17) is 9.47 Å². The van der Waals surface area contributed by atoms with Gasteiger partial charge in [0.1, 0.15) is 5.75 Å². The summed E-state index contributed by atoms with van der Waals surface area (Å²) >= 11 is 0. The molecule has 0 aliphatic heterocycles. The second-order valence-corrected chi connectivity index (χ2v) is 11.0. The number of anilines is 1. The third-order valence-electron chi connectivity index (χ3n) is 7.70. The minimum Gasteiger partial charge on any atom is -0.494 e. The number of hydrogen-bond donors (Lipinski definition) is 2. The highest BCUT2D eigenvalue weighted by atomic mass is 16.5. The van der Waals surface area contributed by atoms with Crippen LogP contribution in [0.3, 0.4) is 0 Å². The second kappa shape index (κ2) is 15.9. The molecule has 0 unspecified atom stereocenters. The molecule has 1 aromatic heterocycles. The summed E-state index contributed by atoms with van der Waals surface area (Å²) in [7, 11) is 0. The van der Waals surface area contributed by atoms with Crippen molar-refractivity contribution in [1.29, 1.82) is 0 Å². The average Bonchev–Trinajstić information content (AvgIpc) is 2.99. The molecule has 3 aromatic rings. The number of carbonyl (C=O) groups is 2. The summed E-state index contributed by atoms with van der Waals surface area (Å²) in [6.07, 6.45) is 10.8. The summed E-state index contributed by atoms with van der Waals surface area (Å²) in [6.45, 7) is 3.81. The van der Waals surface area contributed by atoms with Gasteiger partial charge in [-0.3, -0.25) is 14.6 Å². The van der Waals surface area contributed by atoms with Gasteiger partial charge in [-0.2, -0.15) is 0 Å². The van der Waals surface area contributed by atoms with Crippen LogP contribution in [0.4, 0.5) is 5.69 Å². The molecule has 7 nitrogen and oxygen atoms in total. The Labute approximate surface area is 249 Å². The molecule has 0 radical (unpaired) electrons. The van der Waals surface area contributed by atoms with E-state index in [1.54, 1.807) is 0 Å². The van der Waals surface area contributed by atoms with E-state index in [2.05, 4.69) is 22.4 Å². The molecule has 7 heteroatoms. The van der Waals surface area contributed by atoms with E-state index in [0.29, 0.717) is 38.3 Å². The van der Waals surface area contributed by atoms with Crippen LogP contribution in [-0.4, -0.2) is 35.2 Å². The fourth-order valence-corrected chi connectivity index (χ4v) is 5.41. The monoisotopic (exact) mass is 570 g/mol. The molecule has 0 saturated heterocycles. The molecule has 1 saturated carbocycles. The quantitative estimate of drug-likeness (QED) is 0.183. The van der Waals surface area contributed by atoms with Crippen molar-refractivity contribution >= 4 is 29.7 Å². The van der Waals surface area contributed by atoms with Crippen molar-refractivity contribution in [2.75, 3.05) is 18.5 Å². The topological polar surface area (TPSA) is 97.8 Å². The number of aliphatic carboxylic acids is 1. The number of carbonyl (C=O) groups excluding carboxylic acids is 1. The lowest BCUT2D eigenvalue weighted by Crippen LogP contribution is -2.37. The molecule has 1 fully saturated rings. The van der Waals surface area contributed by atoms with Gasteiger partial charge in [0.05, 0.1) is 30.0 Å². The minimum absolute atomic E-state index is 0.00390. The first kappa shape index (κ1) is 31.0. The Bertz CT molecular complexity index is 1330. The summed E-state index contributed by atoms with van der Waals surface area (Å²) in [5.74, 6) is -0.214. The van der Waals surface area contributed by atoms with E-state index in [9.17, 15) is 14.7 Å². The highest BCUT2D eigenvalue weighted by Crippen LogP contribution is 2.39. The van der Waals surface area contributed by atoms with Crippen LogP contribution in [-0.2, 0) is 27.4 Å². The maximum Gasteiger partial charge on any atom is 0.310 e. The molecule has 1 aliphatic carbocycles. The minimum atomic E-state index is -0.947. The summed E-state index contributed by atoms with van der Waals surface area (Å²) in [5, 5.41) is 12.7. The highest BCUT2D eigenvalue weighted by Gasteiger charge is 2.41. The molecule has 1 amide bonds. The van der Waals surface area contributed by atoms with Gasteiger partial charge in [-0.1, -0.05) is 55.7 Å². The smallest absolute Gasteiger partial charge is 0.310 e. The summed E-state index contributed by atoms with van der Waals surface area (Å²) in [4.78, 5) is 29.4. The number of carboxylic acid groups (broad SMARTS) is 1. The molecular weight excluding hydrogens is 528 g/mol. The zero-order chi connectivity index (χ0) is 29.6. The Morgan fingerprint density at radius 3 is 2.52 bits per heavy atom. The molecular formula is C35H42N2O5. The van der Waals surface area contributed by atoms with E-state index in [-0.39, 0.29) is 12.3 Å². The second-order valence-electron chi connectivity index (χ2n) is 11.0. The van der Waals surface area contributed by atoms with Crippen LogP contribution in [0.1, 0.15) is 80.8 Å². The van der Waals surface area contributed by atoms with Crippen molar-refractivity contribution < 1.29 is 24.2 Å². The number of hydrogen-bond acceptors (Lipinski definition) is 5. The van der Waals surface area contributed by atoms with Crippen molar-refractivity contribution in [2.24, 2.45) is 5.41 Å². The zero-order valence-corrected chi connectivity index (χ0v) is 24.5. The van der Waals surface area contributed by atoms with Crippen LogP contribution >= 0.6 is 0 Å². The molecule has 2 aromatic carbocycles. The Hall–Kier alpha value is -3.97. The lowest BCUT2D eigenvalue weighted by atomic mass is 9.71. The molecule has 2 N–H and O–H groups in total. The molecule has 0 spiro atoms. The number of pyridine rings is 1. The van der Waals surface area contributed by atoms with Crippen molar-refractivity contribution in [3.05, 3.63) is 89.2 Å². The number of carboxylic acids is 1. The summed E-state index contributed by atoms with van der Waals surface area (Å²) < 4.78 is 11.4. The van der Waals surface area contributed by atoms with Crippen LogP contribution in [0.2, 0.25) is 0 Å². The van der Waals surface area contributed by atoms with Crippen molar-refractivity contribution in [2.45, 2.75) is 71.3 Å². The first-order valence-electron chi connectivity index (χ1n) is 15.0. The standard InChI is InChI=1S/C35H42N2O5/c1-2-42-32-19-16-27(17-20-32)10-4-7-23-41-26-31-14-9-12-29(36-31)18-15-28-11-8-13-30(24-28)37-33(38)25-35(34(39)40)21-5-3-6-22-35/h8-9,11-20,24H,2-7,10,21-23,25-26H2,1H3,(H,37,38)(H,39,40). The van der Waals surface area contributed by atoms with Crippen LogP contribution < -0.4 is 10.1 Å². The number of aromatic nitrogens is 1. The number of amides is 1. The third kappa shape index (κ3) is 9.55. The molecule has 1 aliphatic rings. The SMILES string of the molecule is CCOc1ccc(CCCCOCc2cccc(C=Cc3cccc(NC(=O)CC4(C(=O)O)CCCCC4)c3)n2)cc1. The van der Waals surface area contributed by atoms with Crippen LogP contribution in [0, 0.1) is 5.41 Å². The van der Waals surface area contributed by atoms with E-state index in [0.717, 1.165) is 61.2 Å². The number of aryl methyl sites for hydroxylation is 1. The maximum absolute atomic E-state index is 12.7. The summed E-state index contributed by atoms with van der Waals surface area (Å²) in [5.41, 5.74) is 3.61. The lowest BCUT2D eigenvalue weighted by molar-refractivity contribution is -0.153. The van der Waals surface area contributed by atoms with Gasteiger partial charge in [0, 0.05) is 18.7 Å². The van der Waals surface area contributed by atoms with Gasteiger partial charge < -0.3 is 19.9 Å². The first-order chi connectivity index (χ1) is 20.5. The third-order valence-corrected chi connectivity index (χ3v) is 7.70. The van der Waals surface area contributed by atoms with Gasteiger partial charge in [0.2, 0.25) is 5.91 Å². The predicted molar refractivity (Wildman–Crippen MR) is 166 cm³/mol. The fraction of sp³-hybridized carbons (Fsp3) is 0.400. The predicted octanol–water partition coefficient (Wildman–Crippen LogP) is 7.55. The van der Waals surface area contributed by atoms with Crippen LogP contribution in [0.15, 0.2) is 66.7 Å². The van der Waals surface area contributed by atoms with Gasteiger partial charge in [0.15, 0.2) is 0 Å². The lowest BCUT2D eigenvalue weighted by Gasteiger charge is -2.32. The maximum atomic E-state index is 12.7. The number of nitrogens with zero attached hydrogens (tertiary/aromatic N) is 1. The van der Waals surface area contributed by atoms with Crippen LogP contribution in [0.25, 0.3) is 12.2 Å². The Morgan fingerprint density at radius 2 is 1.76 bits per heavy atom. The van der Waals surface area contributed by atoms with E-state index >= 15 is 0 Å². The fourth-order valence-electron chi connectivity index (χ4n) is 5.41. The molecule has 4 rings (SSSR count). The largest absolute Gasteiger partial charge is 0.494 e. The van der Waals surface area contributed by atoms with E-state index < -0.39 is 11.4 Å². The van der Waals surface area contributed by atoms with Gasteiger partial charge in [-0.25, -0.2) is 0 Å². The Morgan fingerprint density at radius 1 is 0.976 bits per heavy atom. The molecule has 222 valence electrons. The molecule has 42 heavy (non-hydrogen) atoms. The van der Waals surface area contributed by atoms with E-state index in [1.165, 1.54) is 5.56 Å². The van der Waals surface area contributed by atoms with Gasteiger partial charge in [0.25, 0.3) is 0 Å². The molecule has 0 atom stereocenters. The Kier molecular flexibility index (Phi) is 11.7. The zero-order valence-electron chi connectivity index (χ0n) is 24.5. The Balaban J connectivity index is 1.21. The number of rotatable bonds is 15. The van der Waals surface area contributed by atoms with Crippen molar-refractivity contribution in [3.63, 3.8) is 0 Å². The number of benzene rings is 2. The van der Waals surface area contributed by atoms with Crippen LogP contribution in [0.5, 0.6) is 5.75 Å². The highest BCUT2D eigenvalue weighted by molar-refractivity contribution is 5.94. The van der Waals surface area contributed by atoms with Gasteiger partial charge in [-0.05, 0) is 92.6 Å². The molecule has 1 heterocycles. The van der Waals surface area contributed by atoms with Crippen molar-refractivity contribution in [1.82, 2.24) is 4.98 Å². The number of nitrogens with one attached hydrogen (secondary N) is 1. The number of unbranched alkanes of at least 4 members (excludes halogenated alkanes) is 1. The molecule has 0 bridgehead atoms. The van der Waals surface area contributed by atoms with Gasteiger partial charge in [-0.15, -0.1) is 0 Å². The first-order valence-corrected chi connectivity index (χ1v) is 15.0. The number of ether oxygens (including phenoxy) is 2. The summed E-state index contributed by atoms with van der Waals surface area (Å²) in [6, 6.07) is 21.7. The normalized spacial score (nSPS) is 14.5. The van der Waals surface area contributed by atoms with Crippen molar-refractivity contribution in [3.8, 4) is 5.75 Å². The average molecular weight is 571 g/mol.